The highest BCUT2D eigenvalue weighted by atomic mass is 16.5. The van der Waals surface area contributed by atoms with Gasteiger partial charge in [0.25, 0.3) is 0 Å². The number of nitrogens with zero attached hydrogens (tertiary/aromatic N) is 1. The van der Waals surface area contributed by atoms with Gasteiger partial charge >= 0.3 is 0 Å². The third-order valence-corrected chi connectivity index (χ3v) is 4.14. The molecular formula is C21H33NO2. The summed E-state index contributed by atoms with van der Waals surface area (Å²) in [6, 6.07) is 7.92. The van der Waals surface area contributed by atoms with E-state index in [0.717, 1.165) is 37.4 Å². The maximum absolute atomic E-state index is 11.9. The minimum Gasteiger partial charge on any atom is -0.494 e. The Kier molecular flexibility index (Phi) is 10.7. The predicted octanol–water partition coefficient (Wildman–Crippen LogP) is 5.31. The van der Waals surface area contributed by atoms with E-state index in [1.54, 1.807) is 11.0 Å². The van der Waals surface area contributed by atoms with Gasteiger partial charge in [-0.05, 0) is 44.0 Å². The minimum absolute atomic E-state index is 0.0587. The van der Waals surface area contributed by atoms with Gasteiger partial charge in [-0.2, -0.15) is 0 Å². The van der Waals surface area contributed by atoms with Crippen molar-refractivity contribution in [1.29, 1.82) is 0 Å². The smallest absolute Gasteiger partial charge is 0.246 e. The Morgan fingerprint density at radius 1 is 0.958 bits per heavy atom. The summed E-state index contributed by atoms with van der Waals surface area (Å²) in [6.07, 6.45) is 11.1. The molecular weight excluding hydrogens is 298 g/mol. The first-order valence-corrected chi connectivity index (χ1v) is 9.41. The van der Waals surface area contributed by atoms with Gasteiger partial charge in [-0.1, -0.05) is 51.2 Å². The second-order valence-electron chi connectivity index (χ2n) is 6.03. The Balaban J connectivity index is 2.31. The summed E-state index contributed by atoms with van der Waals surface area (Å²) in [6.45, 7) is 8.48. The van der Waals surface area contributed by atoms with E-state index in [4.69, 9.17) is 4.74 Å². The second kappa shape index (κ2) is 12.6. The first kappa shape index (κ1) is 20.3. The summed E-state index contributed by atoms with van der Waals surface area (Å²) >= 11 is 0. The van der Waals surface area contributed by atoms with Crippen molar-refractivity contribution in [2.24, 2.45) is 0 Å². The molecule has 0 N–H and O–H groups in total. The number of amides is 1. The monoisotopic (exact) mass is 331 g/mol. The molecule has 1 amide bonds. The average Bonchev–Trinajstić information content (AvgIpc) is 2.61. The van der Waals surface area contributed by atoms with Crippen molar-refractivity contribution in [3.05, 3.63) is 35.9 Å². The van der Waals surface area contributed by atoms with Crippen LogP contribution in [0.25, 0.3) is 6.08 Å². The molecule has 1 aromatic carbocycles. The van der Waals surface area contributed by atoms with Gasteiger partial charge in [0.15, 0.2) is 0 Å². The van der Waals surface area contributed by atoms with E-state index in [1.165, 1.54) is 32.1 Å². The van der Waals surface area contributed by atoms with Crippen molar-refractivity contribution in [2.45, 2.75) is 59.3 Å². The quantitative estimate of drug-likeness (QED) is 0.384. The third-order valence-electron chi connectivity index (χ3n) is 4.14. The fourth-order valence-corrected chi connectivity index (χ4v) is 2.56. The van der Waals surface area contributed by atoms with Gasteiger partial charge in [0, 0.05) is 19.2 Å². The number of benzene rings is 1. The van der Waals surface area contributed by atoms with Crippen LogP contribution in [-0.4, -0.2) is 30.5 Å². The molecule has 0 radical (unpaired) electrons. The van der Waals surface area contributed by atoms with E-state index >= 15 is 0 Å². The summed E-state index contributed by atoms with van der Waals surface area (Å²) in [5.74, 6) is 0.958. The summed E-state index contributed by atoms with van der Waals surface area (Å²) in [5.41, 5.74) is 1.02. The molecule has 0 unspecified atom stereocenters. The second-order valence-corrected chi connectivity index (χ2v) is 6.03. The zero-order chi connectivity index (χ0) is 17.6. The van der Waals surface area contributed by atoms with Crippen molar-refractivity contribution in [1.82, 2.24) is 4.90 Å². The molecule has 0 aliphatic rings. The number of ether oxygens (including phenoxy) is 1. The van der Waals surface area contributed by atoms with Crippen LogP contribution in [0.15, 0.2) is 30.3 Å². The van der Waals surface area contributed by atoms with Gasteiger partial charge in [-0.3, -0.25) is 4.79 Å². The number of likely N-dealkylation sites (N-methyl/N-ethyl adjacent to an activating group) is 1. The van der Waals surface area contributed by atoms with Gasteiger partial charge in [-0.15, -0.1) is 0 Å². The Labute approximate surface area is 147 Å². The number of carbonyl (C=O) groups is 1. The maximum atomic E-state index is 11.9. The van der Waals surface area contributed by atoms with E-state index in [9.17, 15) is 4.79 Å². The van der Waals surface area contributed by atoms with E-state index in [-0.39, 0.29) is 5.91 Å². The van der Waals surface area contributed by atoms with Crippen LogP contribution in [0.4, 0.5) is 0 Å². The summed E-state index contributed by atoms with van der Waals surface area (Å²) in [5, 5.41) is 0. The standard InChI is InChI=1S/C21H33NO2/c1-4-7-8-9-10-11-18-24-20-15-12-19(13-16-20)14-17-21(23)22(5-2)6-3/h12-17H,4-11,18H2,1-3H3/b17-14-. The van der Waals surface area contributed by atoms with E-state index < -0.39 is 0 Å². The molecule has 1 rings (SSSR count). The number of rotatable bonds is 12. The fourth-order valence-electron chi connectivity index (χ4n) is 2.56. The number of carbonyl (C=O) groups excluding carboxylic acids is 1. The minimum atomic E-state index is 0.0587. The van der Waals surface area contributed by atoms with Crippen LogP contribution in [0.3, 0.4) is 0 Å². The van der Waals surface area contributed by atoms with Crippen LogP contribution >= 0.6 is 0 Å². The van der Waals surface area contributed by atoms with Crippen LogP contribution in [0, 0.1) is 0 Å². The largest absolute Gasteiger partial charge is 0.494 e. The summed E-state index contributed by atoms with van der Waals surface area (Å²) < 4.78 is 5.77. The van der Waals surface area contributed by atoms with E-state index in [1.807, 2.05) is 44.2 Å². The maximum Gasteiger partial charge on any atom is 0.246 e. The van der Waals surface area contributed by atoms with Crippen LogP contribution in [0.2, 0.25) is 0 Å². The number of hydrogen-bond donors (Lipinski definition) is 0. The van der Waals surface area contributed by atoms with Gasteiger partial charge in [-0.25, -0.2) is 0 Å². The molecule has 0 aliphatic carbocycles. The third kappa shape index (κ3) is 8.19. The molecule has 134 valence electrons. The molecule has 1 aromatic rings. The lowest BCUT2D eigenvalue weighted by molar-refractivity contribution is -0.125. The average molecular weight is 332 g/mol. The molecule has 0 bridgehead atoms. The molecule has 0 atom stereocenters. The molecule has 0 aliphatic heterocycles. The first-order chi connectivity index (χ1) is 11.7. The SMILES string of the molecule is CCCCCCCCOc1ccc(/C=C\C(=O)N(CC)CC)cc1. The van der Waals surface area contributed by atoms with Crippen molar-refractivity contribution < 1.29 is 9.53 Å². The van der Waals surface area contributed by atoms with Gasteiger partial charge in [0.2, 0.25) is 5.91 Å². The van der Waals surface area contributed by atoms with Crippen molar-refractivity contribution in [3.63, 3.8) is 0 Å². The van der Waals surface area contributed by atoms with Gasteiger partial charge < -0.3 is 9.64 Å². The lowest BCUT2D eigenvalue weighted by Gasteiger charge is -2.15. The zero-order valence-electron chi connectivity index (χ0n) is 15.6. The highest BCUT2D eigenvalue weighted by Crippen LogP contribution is 2.14. The molecule has 3 nitrogen and oxygen atoms in total. The highest BCUT2D eigenvalue weighted by molar-refractivity contribution is 5.91. The first-order valence-electron chi connectivity index (χ1n) is 9.41. The molecule has 0 saturated heterocycles. The summed E-state index contributed by atoms with van der Waals surface area (Å²) in [7, 11) is 0. The number of hydrogen-bond acceptors (Lipinski definition) is 2. The lowest BCUT2D eigenvalue weighted by atomic mass is 10.1. The van der Waals surface area contributed by atoms with Crippen LogP contribution in [0.5, 0.6) is 5.75 Å². The van der Waals surface area contributed by atoms with Crippen molar-refractivity contribution >= 4 is 12.0 Å². The molecule has 0 spiro atoms. The number of unbranched alkanes of at least 4 members (excludes halogenated alkanes) is 5. The van der Waals surface area contributed by atoms with E-state index in [0.29, 0.717) is 0 Å². The van der Waals surface area contributed by atoms with Crippen molar-refractivity contribution in [2.75, 3.05) is 19.7 Å². The van der Waals surface area contributed by atoms with Crippen LogP contribution in [0.1, 0.15) is 64.9 Å². The lowest BCUT2D eigenvalue weighted by Crippen LogP contribution is -2.28. The normalized spacial score (nSPS) is 11.0. The summed E-state index contributed by atoms with van der Waals surface area (Å²) in [4.78, 5) is 13.7. The topological polar surface area (TPSA) is 29.5 Å². The molecule has 0 heterocycles. The molecule has 0 aromatic heterocycles. The Morgan fingerprint density at radius 3 is 2.21 bits per heavy atom. The fraction of sp³-hybridized carbons (Fsp3) is 0.571. The zero-order valence-corrected chi connectivity index (χ0v) is 15.6. The predicted molar refractivity (Wildman–Crippen MR) is 102 cm³/mol. The molecule has 0 fully saturated rings. The Hall–Kier alpha value is -1.77. The van der Waals surface area contributed by atoms with Crippen molar-refractivity contribution in [3.8, 4) is 5.75 Å². The Morgan fingerprint density at radius 2 is 1.58 bits per heavy atom. The van der Waals surface area contributed by atoms with E-state index in [2.05, 4.69) is 6.92 Å². The molecule has 0 saturated carbocycles. The highest BCUT2D eigenvalue weighted by Gasteiger charge is 2.04. The van der Waals surface area contributed by atoms with Crippen LogP contribution in [-0.2, 0) is 4.79 Å². The molecule has 3 heteroatoms. The molecule has 24 heavy (non-hydrogen) atoms. The Bertz CT molecular complexity index is 475. The van der Waals surface area contributed by atoms with Crippen LogP contribution < -0.4 is 4.74 Å². The van der Waals surface area contributed by atoms with Gasteiger partial charge in [0.05, 0.1) is 6.61 Å². The van der Waals surface area contributed by atoms with Gasteiger partial charge in [0.1, 0.15) is 5.75 Å².